The van der Waals surface area contributed by atoms with Crippen LogP contribution in [0.1, 0.15) is 22.3 Å². The van der Waals surface area contributed by atoms with Crippen LogP contribution in [0.5, 0.6) is 0 Å². The van der Waals surface area contributed by atoms with Gasteiger partial charge >= 0.3 is 0 Å². The Labute approximate surface area is 153 Å². The molecule has 0 atom stereocenters. The fourth-order valence-corrected chi connectivity index (χ4v) is 4.28. The molecule has 2 N–H and O–H groups in total. The number of thioether (sulfide) groups is 1. The number of aliphatic hydroxyl groups excluding tert-OH is 1. The average Bonchev–Trinajstić information content (AvgIpc) is 2.79. The molecule has 1 aliphatic rings. The van der Waals surface area contributed by atoms with Crippen LogP contribution in [-0.2, 0) is 25.2 Å². The van der Waals surface area contributed by atoms with E-state index in [0.29, 0.717) is 0 Å². The van der Waals surface area contributed by atoms with Gasteiger partial charge in [-0.25, -0.2) is 0 Å². The van der Waals surface area contributed by atoms with Gasteiger partial charge in [-0.2, -0.15) is 0 Å². The van der Waals surface area contributed by atoms with Crippen molar-refractivity contribution in [1.82, 2.24) is 5.32 Å². The number of fused-ring (bicyclic) bond motifs is 1. The zero-order valence-electron chi connectivity index (χ0n) is 12.8. The number of hydrogen-bond acceptors (Lipinski definition) is 3. The Morgan fingerprint density at radius 1 is 1.09 bits per heavy atom. The number of hydrogen-bond donors (Lipinski definition) is 2. The van der Waals surface area contributed by atoms with Crippen LogP contribution in [0.4, 0.5) is 0 Å². The van der Waals surface area contributed by atoms with E-state index in [1.165, 1.54) is 21.6 Å². The lowest BCUT2D eigenvalue weighted by Gasteiger charge is -2.14. The molecule has 1 aliphatic heterocycles. The maximum atomic E-state index is 9.25. The summed E-state index contributed by atoms with van der Waals surface area (Å²) in [6.45, 7) is 2.14. The zero-order chi connectivity index (χ0) is 15.4. The SMILES string of the molecule is Cl.OCc1cccc(CSc2c(Cl)ccc3c2CCNCC3)c1. The van der Waals surface area contributed by atoms with Crippen LogP contribution in [0.15, 0.2) is 41.3 Å². The summed E-state index contributed by atoms with van der Waals surface area (Å²) in [5, 5.41) is 13.5. The van der Waals surface area contributed by atoms with Crippen molar-refractivity contribution in [2.75, 3.05) is 13.1 Å². The highest BCUT2D eigenvalue weighted by Gasteiger charge is 2.15. The first-order valence-electron chi connectivity index (χ1n) is 7.60. The molecule has 124 valence electrons. The van der Waals surface area contributed by atoms with E-state index in [1.54, 1.807) is 11.8 Å². The lowest BCUT2D eigenvalue weighted by atomic mass is 10.0. The van der Waals surface area contributed by atoms with E-state index in [4.69, 9.17) is 11.6 Å². The molecule has 2 aromatic rings. The van der Waals surface area contributed by atoms with Crippen LogP contribution in [0, 0.1) is 0 Å². The first kappa shape index (κ1) is 18.6. The van der Waals surface area contributed by atoms with Crippen LogP contribution in [0.3, 0.4) is 0 Å². The second-order valence-corrected chi connectivity index (χ2v) is 6.92. The van der Waals surface area contributed by atoms with Gasteiger partial charge in [-0.1, -0.05) is 41.9 Å². The summed E-state index contributed by atoms with van der Waals surface area (Å²) < 4.78 is 0. The molecule has 0 saturated heterocycles. The highest BCUT2D eigenvalue weighted by atomic mass is 35.5. The molecule has 0 aliphatic carbocycles. The van der Waals surface area contributed by atoms with E-state index in [0.717, 1.165) is 42.3 Å². The van der Waals surface area contributed by atoms with Crippen molar-refractivity contribution in [3.8, 4) is 0 Å². The predicted octanol–water partition coefficient (Wildman–Crippen LogP) is 4.23. The predicted molar refractivity (Wildman–Crippen MR) is 101 cm³/mol. The summed E-state index contributed by atoms with van der Waals surface area (Å²) in [4.78, 5) is 1.22. The minimum absolute atomic E-state index is 0. The Morgan fingerprint density at radius 2 is 1.87 bits per heavy atom. The minimum atomic E-state index is 0. The first-order chi connectivity index (χ1) is 10.8. The van der Waals surface area contributed by atoms with Gasteiger partial charge in [0, 0.05) is 10.6 Å². The van der Waals surface area contributed by atoms with Gasteiger partial charge in [-0.15, -0.1) is 24.2 Å². The Bertz CT molecular complexity index is 663. The van der Waals surface area contributed by atoms with Gasteiger partial charge < -0.3 is 10.4 Å². The molecule has 0 fully saturated rings. The standard InChI is InChI=1S/C18H20ClNOS.ClH/c19-17-5-4-15-6-8-20-9-7-16(15)18(17)22-12-14-3-1-2-13(10-14)11-21;/h1-5,10,20-21H,6-9,11-12H2;1H. The molecule has 0 amide bonds. The average molecular weight is 370 g/mol. The van der Waals surface area contributed by atoms with Crippen molar-refractivity contribution in [3.63, 3.8) is 0 Å². The smallest absolute Gasteiger partial charge is 0.0681 e. The van der Waals surface area contributed by atoms with Crippen LogP contribution in [0.25, 0.3) is 0 Å². The van der Waals surface area contributed by atoms with E-state index in [1.807, 2.05) is 18.2 Å². The van der Waals surface area contributed by atoms with Gasteiger partial charge in [-0.05, 0) is 54.3 Å². The molecule has 0 bridgehead atoms. The third kappa shape index (κ3) is 4.65. The molecule has 1 heterocycles. The fraction of sp³-hybridized carbons (Fsp3) is 0.333. The van der Waals surface area contributed by atoms with Crippen molar-refractivity contribution in [1.29, 1.82) is 0 Å². The van der Waals surface area contributed by atoms with E-state index >= 15 is 0 Å². The van der Waals surface area contributed by atoms with Crippen LogP contribution >= 0.6 is 35.8 Å². The monoisotopic (exact) mass is 369 g/mol. The Hall–Kier alpha value is -0.710. The fourth-order valence-electron chi connectivity index (χ4n) is 2.84. The maximum absolute atomic E-state index is 9.25. The summed E-state index contributed by atoms with van der Waals surface area (Å²) in [6, 6.07) is 12.3. The van der Waals surface area contributed by atoms with Gasteiger partial charge in [-0.3, -0.25) is 0 Å². The highest BCUT2D eigenvalue weighted by Crippen LogP contribution is 2.36. The second-order valence-electron chi connectivity index (χ2n) is 5.53. The largest absolute Gasteiger partial charge is 0.392 e. The Balaban J connectivity index is 0.00000192. The second kappa shape index (κ2) is 8.95. The zero-order valence-corrected chi connectivity index (χ0v) is 15.2. The quantitative estimate of drug-likeness (QED) is 0.790. The number of halogens is 2. The van der Waals surface area contributed by atoms with Crippen molar-refractivity contribution < 1.29 is 5.11 Å². The van der Waals surface area contributed by atoms with Gasteiger partial charge in [0.1, 0.15) is 0 Å². The molecule has 0 spiro atoms. The van der Waals surface area contributed by atoms with Gasteiger partial charge in [0.15, 0.2) is 0 Å². The molecule has 0 radical (unpaired) electrons. The minimum Gasteiger partial charge on any atom is -0.392 e. The van der Waals surface area contributed by atoms with E-state index in [9.17, 15) is 5.11 Å². The third-order valence-electron chi connectivity index (χ3n) is 3.99. The van der Waals surface area contributed by atoms with Crippen molar-refractivity contribution in [2.24, 2.45) is 0 Å². The normalized spacial score (nSPS) is 13.8. The molecular weight excluding hydrogens is 349 g/mol. The van der Waals surface area contributed by atoms with E-state index < -0.39 is 0 Å². The number of aliphatic hydroxyl groups is 1. The summed E-state index contributed by atoms with van der Waals surface area (Å²) in [5.41, 5.74) is 5.00. The molecule has 0 unspecified atom stereocenters. The molecule has 2 aromatic carbocycles. The van der Waals surface area contributed by atoms with Crippen LogP contribution in [0.2, 0.25) is 5.02 Å². The number of benzene rings is 2. The summed E-state index contributed by atoms with van der Waals surface area (Å²) in [7, 11) is 0. The van der Waals surface area contributed by atoms with Gasteiger partial charge in [0.25, 0.3) is 0 Å². The van der Waals surface area contributed by atoms with Gasteiger partial charge in [0.05, 0.1) is 11.6 Å². The number of nitrogens with one attached hydrogen (secondary N) is 1. The summed E-state index contributed by atoms with van der Waals surface area (Å²) in [6.07, 6.45) is 2.11. The molecule has 0 saturated carbocycles. The van der Waals surface area contributed by atoms with E-state index in [2.05, 4.69) is 23.5 Å². The molecule has 0 aromatic heterocycles. The van der Waals surface area contributed by atoms with Crippen molar-refractivity contribution in [2.45, 2.75) is 30.1 Å². The van der Waals surface area contributed by atoms with Crippen LogP contribution < -0.4 is 5.32 Å². The van der Waals surface area contributed by atoms with E-state index in [-0.39, 0.29) is 19.0 Å². The Morgan fingerprint density at radius 3 is 2.70 bits per heavy atom. The molecule has 3 rings (SSSR count). The maximum Gasteiger partial charge on any atom is 0.0681 e. The first-order valence-corrected chi connectivity index (χ1v) is 8.96. The van der Waals surface area contributed by atoms with Crippen LogP contribution in [-0.4, -0.2) is 18.2 Å². The van der Waals surface area contributed by atoms with Crippen molar-refractivity contribution in [3.05, 3.63) is 63.7 Å². The third-order valence-corrected chi connectivity index (χ3v) is 5.65. The number of rotatable bonds is 4. The summed E-state index contributed by atoms with van der Waals surface area (Å²) in [5.74, 6) is 0.872. The Kier molecular flexibility index (Phi) is 7.25. The highest BCUT2D eigenvalue weighted by molar-refractivity contribution is 7.98. The van der Waals surface area contributed by atoms with Crippen molar-refractivity contribution >= 4 is 35.8 Å². The molecular formula is C18H21Cl2NOS. The molecule has 2 nitrogen and oxygen atoms in total. The molecule has 23 heavy (non-hydrogen) atoms. The van der Waals surface area contributed by atoms with Gasteiger partial charge in [0.2, 0.25) is 0 Å². The summed E-state index contributed by atoms with van der Waals surface area (Å²) >= 11 is 8.26. The lowest BCUT2D eigenvalue weighted by molar-refractivity contribution is 0.282. The molecule has 5 heteroatoms. The lowest BCUT2D eigenvalue weighted by Crippen LogP contribution is -2.16. The topological polar surface area (TPSA) is 32.3 Å².